The molecule has 2 heterocycles. The van der Waals surface area contributed by atoms with Crippen molar-refractivity contribution in [2.45, 2.75) is 0 Å². The molecule has 0 bridgehead atoms. The summed E-state index contributed by atoms with van der Waals surface area (Å²) in [5, 5.41) is 2.49. The Kier molecular flexibility index (Phi) is 4.24. The van der Waals surface area contributed by atoms with Crippen molar-refractivity contribution in [3.05, 3.63) is 48.0 Å². The Hall–Kier alpha value is -3.03. The number of hydrogen-bond acceptors (Lipinski definition) is 4. The van der Waals surface area contributed by atoms with Crippen LogP contribution in [0.25, 0.3) is 0 Å². The lowest BCUT2D eigenvalue weighted by molar-refractivity contribution is 0.174. The number of anilines is 2. The summed E-state index contributed by atoms with van der Waals surface area (Å²) >= 11 is 0. The van der Waals surface area contributed by atoms with E-state index in [4.69, 9.17) is 9.47 Å². The zero-order valence-corrected chi connectivity index (χ0v) is 13.9. The van der Waals surface area contributed by atoms with E-state index in [1.54, 1.807) is 4.90 Å². The SMILES string of the molecule is O=C(Nc1ccc(F)cc1F)N1CCN(c2ccc3c(c2)OCO3)CC1. The van der Waals surface area contributed by atoms with E-state index in [2.05, 4.69) is 10.2 Å². The van der Waals surface area contributed by atoms with Crippen molar-refractivity contribution in [1.82, 2.24) is 4.90 Å². The summed E-state index contributed by atoms with van der Waals surface area (Å²) in [6.45, 7) is 2.48. The zero-order chi connectivity index (χ0) is 18.1. The van der Waals surface area contributed by atoms with Crippen molar-refractivity contribution in [1.29, 1.82) is 0 Å². The van der Waals surface area contributed by atoms with E-state index in [0.717, 1.165) is 29.3 Å². The van der Waals surface area contributed by atoms with Crippen LogP contribution in [0.2, 0.25) is 0 Å². The molecular weight excluding hydrogens is 344 g/mol. The summed E-state index contributed by atoms with van der Waals surface area (Å²) in [5.74, 6) is -0.0299. The van der Waals surface area contributed by atoms with Crippen LogP contribution < -0.4 is 19.7 Å². The molecule has 2 aliphatic heterocycles. The summed E-state index contributed by atoms with van der Waals surface area (Å²) < 4.78 is 37.3. The van der Waals surface area contributed by atoms with Gasteiger partial charge in [0, 0.05) is 44.0 Å². The number of amides is 2. The number of carbonyl (C=O) groups excluding carboxylic acids is 1. The first-order valence-electron chi connectivity index (χ1n) is 8.26. The molecule has 0 aromatic heterocycles. The number of halogens is 2. The molecule has 0 spiro atoms. The van der Waals surface area contributed by atoms with E-state index in [1.807, 2.05) is 18.2 Å². The van der Waals surface area contributed by atoms with Gasteiger partial charge in [-0.1, -0.05) is 0 Å². The number of hydrogen-bond donors (Lipinski definition) is 1. The second-order valence-electron chi connectivity index (χ2n) is 6.07. The van der Waals surface area contributed by atoms with Gasteiger partial charge in [0.1, 0.15) is 11.6 Å². The Labute approximate surface area is 148 Å². The van der Waals surface area contributed by atoms with Crippen LogP contribution in [0.4, 0.5) is 25.0 Å². The Morgan fingerprint density at radius 2 is 1.73 bits per heavy atom. The fraction of sp³-hybridized carbons (Fsp3) is 0.278. The Bertz CT molecular complexity index is 838. The van der Waals surface area contributed by atoms with E-state index < -0.39 is 17.7 Å². The van der Waals surface area contributed by atoms with Gasteiger partial charge in [-0.3, -0.25) is 0 Å². The number of fused-ring (bicyclic) bond motifs is 1. The number of piperazine rings is 1. The summed E-state index contributed by atoms with van der Waals surface area (Å²) in [6, 6.07) is 8.41. The highest BCUT2D eigenvalue weighted by Crippen LogP contribution is 2.35. The van der Waals surface area contributed by atoms with Crippen LogP contribution in [0.15, 0.2) is 36.4 Å². The van der Waals surface area contributed by atoms with Crippen molar-refractivity contribution < 1.29 is 23.0 Å². The number of nitrogens with one attached hydrogen (secondary N) is 1. The van der Waals surface area contributed by atoms with Gasteiger partial charge in [0.05, 0.1) is 5.69 Å². The lowest BCUT2D eigenvalue weighted by Gasteiger charge is -2.36. The predicted molar refractivity (Wildman–Crippen MR) is 91.7 cm³/mol. The average Bonchev–Trinajstić information content (AvgIpc) is 3.12. The van der Waals surface area contributed by atoms with E-state index in [0.29, 0.717) is 26.2 Å². The third-order valence-corrected chi connectivity index (χ3v) is 4.46. The largest absolute Gasteiger partial charge is 0.454 e. The molecule has 136 valence electrons. The van der Waals surface area contributed by atoms with Crippen LogP contribution in [0.3, 0.4) is 0 Å². The smallest absolute Gasteiger partial charge is 0.322 e. The van der Waals surface area contributed by atoms with Gasteiger partial charge in [0.15, 0.2) is 11.5 Å². The normalized spacial score (nSPS) is 15.9. The number of urea groups is 1. The summed E-state index contributed by atoms with van der Waals surface area (Å²) in [7, 11) is 0. The van der Waals surface area contributed by atoms with E-state index in [9.17, 15) is 13.6 Å². The van der Waals surface area contributed by atoms with E-state index in [1.165, 1.54) is 6.07 Å². The maximum atomic E-state index is 13.7. The Morgan fingerprint density at radius 1 is 0.962 bits per heavy atom. The van der Waals surface area contributed by atoms with Crippen LogP contribution in [0.5, 0.6) is 11.5 Å². The molecule has 0 unspecified atom stereocenters. The van der Waals surface area contributed by atoms with Crippen molar-refractivity contribution in [2.24, 2.45) is 0 Å². The van der Waals surface area contributed by atoms with Crippen molar-refractivity contribution in [2.75, 3.05) is 43.2 Å². The topological polar surface area (TPSA) is 54.0 Å². The molecule has 2 amide bonds. The zero-order valence-electron chi connectivity index (χ0n) is 13.9. The molecule has 1 N–H and O–H groups in total. The van der Waals surface area contributed by atoms with Gasteiger partial charge in [0.25, 0.3) is 0 Å². The van der Waals surface area contributed by atoms with Crippen LogP contribution in [0.1, 0.15) is 0 Å². The van der Waals surface area contributed by atoms with Gasteiger partial charge in [-0.15, -0.1) is 0 Å². The fourth-order valence-electron chi connectivity index (χ4n) is 3.03. The van der Waals surface area contributed by atoms with Crippen molar-refractivity contribution in [3.8, 4) is 11.5 Å². The van der Waals surface area contributed by atoms with Crippen LogP contribution in [-0.4, -0.2) is 43.9 Å². The minimum atomic E-state index is -0.794. The first-order valence-corrected chi connectivity index (χ1v) is 8.26. The molecule has 6 nitrogen and oxygen atoms in total. The second kappa shape index (κ2) is 6.70. The van der Waals surface area contributed by atoms with Gasteiger partial charge >= 0.3 is 6.03 Å². The third-order valence-electron chi connectivity index (χ3n) is 4.46. The molecule has 0 atom stereocenters. The molecule has 8 heteroatoms. The maximum Gasteiger partial charge on any atom is 0.322 e. The number of nitrogens with zero attached hydrogens (tertiary/aromatic N) is 2. The third kappa shape index (κ3) is 3.22. The molecule has 2 aromatic rings. The fourth-order valence-corrected chi connectivity index (χ4v) is 3.03. The van der Waals surface area contributed by atoms with Crippen LogP contribution in [0, 0.1) is 11.6 Å². The molecule has 0 aliphatic carbocycles. The molecule has 0 saturated carbocycles. The van der Waals surface area contributed by atoms with Crippen LogP contribution in [-0.2, 0) is 0 Å². The molecule has 2 aliphatic rings. The van der Waals surface area contributed by atoms with Gasteiger partial charge in [-0.05, 0) is 24.3 Å². The van der Waals surface area contributed by atoms with Crippen molar-refractivity contribution >= 4 is 17.4 Å². The van der Waals surface area contributed by atoms with Gasteiger partial charge in [0.2, 0.25) is 6.79 Å². The first kappa shape index (κ1) is 16.4. The maximum absolute atomic E-state index is 13.7. The predicted octanol–water partition coefficient (Wildman–Crippen LogP) is 3.05. The quantitative estimate of drug-likeness (QED) is 0.893. The standard InChI is InChI=1S/C18H17F2N3O3/c19-12-1-3-15(14(20)9-12)21-18(24)23-7-5-22(6-8-23)13-2-4-16-17(10-13)26-11-25-16/h1-4,9-10H,5-8,11H2,(H,21,24). The minimum absolute atomic E-state index is 0.0328. The molecule has 1 fully saturated rings. The first-order chi connectivity index (χ1) is 12.6. The minimum Gasteiger partial charge on any atom is -0.454 e. The van der Waals surface area contributed by atoms with Crippen molar-refractivity contribution in [3.63, 3.8) is 0 Å². The van der Waals surface area contributed by atoms with Gasteiger partial charge in [-0.25, -0.2) is 13.6 Å². The van der Waals surface area contributed by atoms with E-state index in [-0.39, 0.29) is 12.5 Å². The van der Waals surface area contributed by atoms with Gasteiger partial charge in [-0.2, -0.15) is 0 Å². The summed E-state index contributed by atoms with van der Waals surface area (Å²) in [6.07, 6.45) is 0. The molecule has 0 radical (unpaired) electrons. The highest BCUT2D eigenvalue weighted by Gasteiger charge is 2.23. The van der Waals surface area contributed by atoms with E-state index >= 15 is 0 Å². The Balaban J connectivity index is 1.36. The number of rotatable bonds is 2. The highest BCUT2D eigenvalue weighted by molar-refractivity contribution is 5.89. The van der Waals surface area contributed by atoms with Crippen LogP contribution >= 0.6 is 0 Å². The lowest BCUT2D eigenvalue weighted by Crippen LogP contribution is -2.50. The van der Waals surface area contributed by atoms with Gasteiger partial charge < -0.3 is 24.6 Å². The molecular formula is C18H17F2N3O3. The average molecular weight is 361 g/mol. The molecule has 1 saturated heterocycles. The number of ether oxygens (including phenoxy) is 2. The molecule has 2 aromatic carbocycles. The summed E-state index contributed by atoms with van der Waals surface area (Å²) in [4.78, 5) is 16.0. The monoisotopic (exact) mass is 361 g/mol. The lowest BCUT2D eigenvalue weighted by atomic mass is 10.2. The second-order valence-corrected chi connectivity index (χ2v) is 6.07. The molecule has 26 heavy (non-hydrogen) atoms. The number of benzene rings is 2. The summed E-state index contributed by atoms with van der Waals surface area (Å²) in [5.41, 5.74) is 0.966. The Morgan fingerprint density at radius 3 is 2.50 bits per heavy atom. The highest BCUT2D eigenvalue weighted by atomic mass is 19.1. The molecule has 4 rings (SSSR count). The number of carbonyl (C=O) groups is 1.